The van der Waals surface area contributed by atoms with Crippen LogP contribution in [0.4, 0.5) is 0 Å². The molecular weight excluding hydrogens is 216 g/mol. The van der Waals surface area contributed by atoms with E-state index in [1.165, 1.54) is 0 Å². The Morgan fingerprint density at radius 3 is 2.25 bits per heavy atom. The number of rotatable bonds is 6. The van der Waals surface area contributed by atoms with Crippen molar-refractivity contribution in [1.82, 2.24) is 0 Å². The minimum atomic E-state index is -1.75. The Morgan fingerprint density at radius 1 is 1.31 bits per heavy atom. The second kappa shape index (κ2) is 6.44. The molecule has 0 heterocycles. The first-order chi connectivity index (χ1) is 7.24. The Balaban J connectivity index is 4.27. The van der Waals surface area contributed by atoms with Crippen molar-refractivity contribution in [2.75, 3.05) is 6.61 Å². The van der Waals surface area contributed by atoms with Gasteiger partial charge in [-0.3, -0.25) is 0 Å². The highest BCUT2D eigenvalue weighted by molar-refractivity contribution is 6.74. The first-order valence-electron chi connectivity index (χ1n) is 5.99. The zero-order valence-corrected chi connectivity index (χ0v) is 12.3. The molecule has 1 atom stereocenters. The van der Waals surface area contributed by atoms with Crippen LogP contribution in [-0.4, -0.2) is 26.1 Å². The summed E-state index contributed by atoms with van der Waals surface area (Å²) in [7, 11) is -1.75. The molecule has 0 amide bonds. The molecular formula is C13H26O2Si. The molecule has 0 fully saturated rings. The van der Waals surface area contributed by atoms with Gasteiger partial charge in [0.1, 0.15) is 6.10 Å². The smallest absolute Gasteiger partial charge is 0.193 e. The summed E-state index contributed by atoms with van der Waals surface area (Å²) in [5.74, 6) is 2.72. The fourth-order valence-electron chi connectivity index (χ4n) is 1.15. The molecule has 94 valence electrons. The lowest BCUT2D eigenvalue weighted by Crippen LogP contribution is -2.43. The predicted molar refractivity (Wildman–Crippen MR) is 71.8 cm³/mol. The van der Waals surface area contributed by atoms with Crippen molar-refractivity contribution < 1.29 is 9.53 Å². The first kappa shape index (κ1) is 15.7. The van der Waals surface area contributed by atoms with E-state index in [2.05, 4.69) is 39.8 Å². The Hall–Kier alpha value is -0.303. The van der Waals surface area contributed by atoms with Crippen LogP contribution >= 0.6 is 0 Å². The topological polar surface area (TPSA) is 29.5 Å². The molecule has 0 aromatic heterocycles. The van der Waals surface area contributed by atoms with Crippen LogP contribution in [0.15, 0.2) is 0 Å². The standard InChI is InChI=1S/C13H26O2Si/c1-7-12(10-8-9-11-14)15-16(5,6)13(2,3)4/h1,12,14H,8-11H2,2-6H3. The van der Waals surface area contributed by atoms with Gasteiger partial charge in [0.25, 0.3) is 0 Å². The molecule has 0 bridgehead atoms. The average Bonchev–Trinajstić information content (AvgIpc) is 2.14. The monoisotopic (exact) mass is 242 g/mol. The highest BCUT2D eigenvalue weighted by Gasteiger charge is 2.38. The van der Waals surface area contributed by atoms with E-state index in [4.69, 9.17) is 16.0 Å². The number of aliphatic hydroxyl groups excluding tert-OH is 1. The third kappa shape index (κ3) is 5.15. The Labute approximate surface area is 102 Å². The lowest BCUT2D eigenvalue weighted by atomic mass is 10.2. The van der Waals surface area contributed by atoms with Crippen molar-refractivity contribution in [3.63, 3.8) is 0 Å². The molecule has 0 radical (unpaired) electrons. The second-order valence-electron chi connectivity index (χ2n) is 5.75. The maximum Gasteiger partial charge on any atom is 0.193 e. The van der Waals surface area contributed by atoms with E-state index in [-0.39, 0.29) is 17.7 Å². The SMILES string of the molecule is C#CC(CCCCO)O[Si](C)(C)C(C)(C)C. The van der Waals surface area contributed by atoms with Crippen molar-refractivity contribution in [3.8, 4) is 12.3 Å². The maximum absolute atomic E-state index is 8.73. The maximum atomic E-state index is 8.73. The van der Waals surface area contributed by atoms with E-state index in [1.807, 2.05) is 0 Å². The summed E-state index contributed by atoms with van der Waals surface area (Å²) in [6.45, 7) is 11.3. The van der Waals surface area contributed by atoms with Gasteiger partial charge in [0.15, 0.2) is 8.32 Å². The lowest BCUT2D eigenvalue weighted by Gasteiger charge is -2.38. The van der Waals surface area contributed by atoms with Crippen LogP contribution in [0.3, 0.4) is 0 Å². The van der Waals surface area contributed by atoms with Crippen LogP contribution in [-0.2, 0) is 4.43 Å². The van der Waals surface area contributed by atoms with Crippen LogP contribution in [0.1, 0.15) is 40.0 Å². The molecule has 0 aromatic rings. The van der Waals surface area contributed by atoms with Gasteiger partial charge in [-0.2, -0.15) is 0 Å². The number of hydrogen-bond acceptors (Lipinski definition) is 2. The van der Waals surface area contributed by atoms with Crippen LogP contribution in [0.25, 0.3) is 0 Å². The first-order valence-corrected chi connectivity index (χ1v) is 8.90. The number of hydrogen-bond donors (Lipinski definition) is 1. The van der Waals surface area contributed by atoms with Crippen molar-refractivity contribution in [1.29, 1.82) is 0 Å². The van der Waals surface area contributed by atoms with Crippen LogP contribution in [0.2, 0.25) is 18.1 Å². The minimum absolute atomic E-state index is 0.0903. The summed E-state index contributed by atoms with van der Waals surface area (Å²) in [5, 5.41) is 8.92. The average molecular weight is 242 g/mol. The zero-order chi connectivity index (χ0) is 12.8. The summed E-state index contributed by atoms with van der Waals surface area (Å²) in [4.78, 5) is 0. The highest BCUT2D eigenvalue weighted by atomic mass is 28.4. The highest BCUT2D eigenvalue weighted by Crippen LogP contribution is 2.37. The third-order valence-corrected chi connectivity index (χ3v) is 7.79. The van der Waals surface area contributed by atoms with Gasteiger partial charge in [-0.15, -0.1) is 6.42 Å². The normalized spacial score (nSPS) is 14.6. The fraction of sp³-hybridized carbons (Fsp3) is 0.846. The van der Waals surface area contributed by atoms with Gasteiger partial charge >= 0.3 is 0 Å². The molecule has 0 aliphatic carbocycles. The minimum Gasteiger partial charge on any atom is -0.403 e. The van der Waals surface area contributed by atoms with Crippen LogP contribution in [0, 0.1) is 12.3 Å². The molecule has 1 N–H and O–H groups in total. The molecule has 0 rings (SSSR count). The summed E-state index contributed by atoms with van der Waals surface area (Å²) in [6, 6.07) is 0. The van der Waals surface area contributed by atoms with Crippen LogP contribution in [0.5, 0.6) is 0 Å². The Kier molecular flexibility index (Phi) is 6.31. The number of unbranched alkanes of at least 4 members (excludes halogenated alkanes) is 1. The summed E-state index contributed by atoms with van der Waals surface area (Å²) < 4.78 is 6.12. The molecule has 0 aliphatic rings. The summed E-state index contributed by atoms with van der Waals surface area (Å²) in [6.07, 6.45) is 7.99. The number of aliphatic hydroxyl groups is 1. The molecule has 16 heavy (non-hydrogen) atoms. The van der Waals surface area contributed by atoms with Gasteiger partial charge in [-0.1, -0.05) is 26.7 Å². The van der Waals surface area contributed by atoms with Gasteiger partial charge < -0.3 is 9.53 Å². The molecule has 0 aliphatic heterocycles. The van der Waals surface area contributed by atoms with Gasteiger partial charge in [-0.25, -0.2) is 0 Å². The van der Waals surface area contributed by atoms with Gasteiger partial charge in [0, 0.05) is 6.61 Å². The predicted octanol–water partition coefficient (Wildman–Crippen LogP) is 3.17. The second-order valence-corrected chi connectivity index (χ2v) is 10.5. The van der Waals surface area contributed by atoms with Crippen LogP contribution < -0.4 is 0 Å². The zero-order valence-electron chi connectivity index (χ0n) is 11.3. The quantitative estimate of drug-likeness (QED) is 0.440. The molecule has 2 nitrogen and oxygen atoms in total. The third-order valence-electron chi connectivity index (χ3n) is 3.30. The molecule has 0 spiro atoms. The van der Waals surface area contributed by atoms with E-state index in [9.17, 15) is 0 Å². The van der Waals surface area contributed by atoms with Crippen molar-refractivity contribution >= 4 is 8.32 Å². The summed E-state index contributed by atoms with van der Waals surface area (Å²) >= 11 is 0. The van der Waals surface area contributed by atoms with E-state index >= 15 is 0 Å². The van der Waals surface area contributed by atoms with E-state index < -0.39 is 8.32 Å². The Bertz CT molecular complexity index is 235. The molecule has 1 unspecified atom stereocenters. The number of terminal acetylenes is 1. The lowest BCUT2D eigenvalue weighted by molar-refractivity contribution is 0.211. The van der Waals surface area contributed by atoms with E-state index in [0.29, 0.717) is 0 Å². The van der Waals surface area contributed by atoms with Gasteiger partial charge in [-0.05, 0) is 37.4 Å². The molecule has 0 aromatic carbocycles. The van der Waals surface area contributed by atoms with Gasteiger partial charge in [0.2, 0.25) is 0 Å². The van der Waals surface area contributed by atoms with Crippen molar-refractivity contribution in [2.24, 2.45) is 0 Å². The van der Waals surface area contributed by atoms with E-state index in [1.54, 1.807) is 0 Å². The molecule has 3 heteroatoms. The molecule has 0 saturated carbocycles. The van der Waals surface area contributed by atoms with Crippen molar-refractivity contribution in [2.45, 2.75) is 64.3 Å². The van der Waals surface area contributed by atoms with E-state index in [0.717, 1.165) is 19.3 Å². The Morgan fingerprint density at radius 2 is 1.88 bits per heavy atom. The summed E-state index contributed by atoms with van der Waals surface area (Å²) in [5.41, 5.74) is 0. The fourth-order valence-corrected chi connectivity index (χ4v) is 2.40. The largest absolute Gasteiger partial charge is 0.403 e. The van der Waals surface area contributed by atoms with Crippen molar-refractivity contribution in [3.05, 3.63) is 0 Å². The van der Waals surface area contributed by atoms with Gasteiger partial charge in [0.05, 0.1) is 0 Å². The molecule has 0 saturated heterocycles.